The maximum absolute atomic E-state index is 12.9. The molecule has 0 heterocycles. The Morgan fingerprint density at radius 1 is 0.330 bits per heavy atom. The van der Waals surface area contributed by atoms with Crippen molar-refractivity contribution < 1.29 is 42.9 Å². The standard InChI is InChI=1S/C82H127NO8/c1-6-8-10-12-14-16-18-20-22-24-26-28-30-32-33-34-35-36-37-38-39-40-41-42-43-44-45-46-47-49-51-53-55-57-59-61-63-65-67-69-71-73-80(85)91-78(77-90-82(81(86)87)88-75-74-83(3,4)5)76-89-79(84)72-70-68-66-64-62-60-58-56-54-52-50-48-31-29-27-25-23-21-19-17-15-13-11-9-7-2/h8-11,14-17,20-23,26-29,32-33,35-36,38-39,41-42,44-45,47-50,54,56,60,62,78,82H,6-7,12-13,18-19,24-25,30-31,34,37,40,43,46,51-53,55,57-59,61,63-77H2,1-5H3/p+1/b10-8-,11-9-,16-14-,17-15-,22-20-,23-21-,28-26-,29-27-,33-32-,36-35-,39-38-,42-41-,45-44-,49-47-,50-48-,56-54-,62-60-. The largest absolute Gasteiger partial charge is 0.477 e. The van der Waals surface area contributed by atoms with Crippen molar-refractivity contribution in [3.8, 4) is 0 Å². The Kier molecular flexibility index (Phi) is 65.1. The fourth-order valence-corrected chi connectivity index (χ4v) is 8.73. The molecule has 1 N–H and O–H groups in total. The van der Waals surface area contributed by atoms with E-state index in [1.165, 1.54) is 38.5 Å². The molecular weight excluding hydrogens is 1130 g/mol. The number of carboxylic acid groups (broad SMARTS) is 1. The van der Waals surface area contributed by atoms with Gasteiger partial charge in [0, 0.05) is 12.8 Å². The third kappa shape index (κ3) is 71.2. The van der Waals surface area contributed by atoms with Crippen molar-refractivity contribution >= 4 is 17.9 Å². The minimum atomic E-state index is -1.53. The molecule has 0 spiro atoms. The van der Waals surface area contributed by atoms with Crippen molar-refractivity contribution in [3.05, 3.63) is 207 Å². The number of unbranched alkanes of at least 4 members (excludes halogenated alkanes) is 13. The molecule has 0 saturated carbocycles. The molecule has 0 saturated heterocycles. The van der Waals surface area contributed by atoms with Crippen LogP contribution in [-0.4, -0.2) is 87.4 Å². The van der Waals surface area contributed by atoms with Gasteiger partial charge in [0.2, 0.25) is 0 Å². The van der Waals surface area contributed by atoms with Crippen LogP contribution in [0.4, 0.5) is 0 Å². The highest BCUT2D eigenvalue weighted by atomic mass is 16.7. The number of ether oxygens (including phenoxy) is 4. The Labute approximate surface area is 556 Å². The number of likely N-dealkylation sites (N-methyl/N-ethyl adjacent to an activating group) is 1. The van der Waals surface area contributed by atoms with Crippen molar-refractivity contribution in [2.45, 2.75) is 245 Å². The summed E-state index contributed by atoms with van der Waals surface area (Å²) in [4.78, 5) is 37.6. The van der Waals surface area contributed by atoms with Crippen LogP contribution >= 0.6 is 0 Å². The van der Waals surface area contributed by atoms with Gasteiger partial charge in [-0.05, 0) is 148 Å². The number of carbonyl (C=O) groups is 3. The Bertz CT molecular complexity index is 2250. The second-order valence-corrected chi connectivity index (χ2v) is 23.7. The second-order valence-electron chi connectivity index (χ2n) is 23.7. The number of aliphatic carboxylic acids is 1. The molecule has 0 aliphatic carbocycles. The number of hydrogen-bond donors (Lipinski definition) is 1. The molecule has 508 valence electrons. The number of rotatable bonds is 62. The van der Waals surface area contributed by atoms with E-state index in [-0.39, 0.29) is 38.6 Å². The summed E-state index contributed by atoms with van der Waals surface area (Å²) in [7, 11) is 5.95. The van der Waals surface area contributed by atoms with Crippen LogP contribution in [0, 0.1) is 0 Å². The van der Waals surface area contributed by atoms with E-state index in [1.54, 1.807) is 0 Å². The lowest BCUT2D eigenvalue weighted by Crippen LogP contribution is -2.40. The van der Waals surface area contributed by atoms with E-state index in [1.807, 2.05) is 21.1 Å². The summed E-state index contributed by atoms with van der Waals surface area (Å²) < 4.78 is 22.9. The van der Waals surface area contributed by atoms with E-state index in [2.05, 4.69) is 220 Å². The highest BCUT2D eigenvalue weighted by molar-refractivity contribution is 5.71. The predicted molar refractivity (Wildman–Crippen MR) is 391 cm³/mol. The monoisotopic (exact) mass is 1250 g/mol. The summed E-state index contributed by atoms with van der Waals surface area (Å²) in [6.45, 7) is 4.58. The number of hydrogen-bond acceptors (Lipinski definition) is 7. The molecule has 0 aromatic heterocycles. The van der Waals surface area contributed by atoms with Gasteiger partial charge in [0.05, 0.1) is 34.4 Å². The van der Waals surface area contributed by atoms with Crippen LogP contribution in [0.1, 0.15) is 232 Å². The van der Waals surface area contributed by atoms with Crippen molar-refractivity contribution in [2.75, 3.05) is 47.5 Å². The van der Waals surface area contributed by atoms with Crippen LogP contribution in [0.3, 0.4) is 0 Å². The van der Waals surface area contributed by atoms with Gasteiger partial charge in [-0.25, -0.2) is 4.79 Å². The Hall–Kier alpha value is -6.13. The van der Waals surface area contributed by atoms with E-state index in [0.29, 0.717) is 23.9 Å². The molecule has 0 aliphatic rings. The van der Waals surface area contributed by atoms with E-state index in [4.69, 9.17) is 18.9 Å². The first-order valence-electron chi connectivity index (χ1n) is 35.2. The zero-order chi connectivity index (χ0) is 66.1. The summed E-state index contributed by atoms with van der Waals surface area (Å²) >= 11 is 0. The van der Waals surface area contributed by atoms with Crippen molar-refractivity contribution in [1.82, 2.24) is 0 Å². The normalized spacial score (nSPS) is 14.0. The van der Waals surface area contributed by atoms with Crippen LogP contribution in [0.2, 0.25) is 0 Å². The maximum atomic E-state index is 12.9. The summed E-state index contributed by atoms with van der Waals surface area (Å²) in [6, 6.07) is 0. The SMILES string of the molecule is CC/C=C\C/C=C\C/C=C\C/C=C\C/C=C\C/C=C\C/C=C\C/C=C\C/C=C\C/C=C\CCCCCCCCCCCCC(=O)OC(COC(=O)CCCCC/C=C\C/C=C\C/C=C\C/C=C\C/C=C\C/C=C\C/C=C\CC)COC(OCC[N+](C)(C)C)C(=O)O. The van der Waals surface area contributed by atoms with Crippen LogP contribution in [0.15, 0.2) is 207 Å². The molecule has 0 aromatic rings. The van der Waals surface area contributed by atoms with Crippen LogP contribution in [0.25, 0.3) is 0 Å². The summed E-state index contributed by atoms with van der Waals surface area (Å²) in [5.41, 5.74) is 0. The predicted octanol–water partition coefficient (Wildman–Crippen LogP) is 22.4. The van der Waals surface area contributed by atoms with Crippen LogP contribution in [0.5, 0.6) is 0 Å². The second kappa shape index (κ2) is 69.8. The van der Waals surface area contributed by atoms with Crippen LogP contribution < -0.4 is 0 Å². The van der Waals surface area contributed by atoms with E-state index < -0.39 is 24.3 Å². The van der Waals surface area contributed by atoms with Gasteiger partial charge in [-0.2, -0.15) is 0 Å². The third-order valence-electron chi connectivity index (χ3n) is 14.0. The number of carbonyl (C=O) groups excluding carboxylic acids is 2. The van der Waals surface area contributed by atoms with Gasteiger partial charge in [0.1, 0.15) is 13.2 Å². The lowest BCUT2D eigenvalue weighted by molar-refractivity contribution is -0.870. The van der Waals surface area contributed by atoms with E-state index in [9.17, 15) is 19.5 Å². The van der Waals surface area contributed by atoms with E-state index in [0.717, 1.165) is 154 Å². The van der Waals surface area contributed by atoms with Gasteiger partial charge < -0.3 is 28.5 Å². The summed E-state index contributed by atoms with van der Waals surface area (Å²) in [5.74, 6) is -2.08. The smallest absolute Gasteiger partial charge is 0.361 e. The molecule has 0 fully saturated rings. The first-order chi connectivity index (χ1) is 44.6. The zero-order valence-corrected chi connectivity index (χ0v) is 57.9. The number of esters is 2. The zero-order valence-electron chi connectivity index (χ0n) is 57.9. The number of carboxylic acids is 1. The molecule has 2 unspecified atom stereocenters. The molecular formula is C82H128NO8+. The Balaban J connectivity index is 4.23. The average molecular weight is 1260 g/mol. The van der Waals surface area contributed by atoms with Gasteiger partial charge >= 0.3 is 17.9 Å². The quantitative estimate of drug-likeness (QED) is 0.0211. The average Bonchev–Trinajstić information content (AvgIpc) is 3.53. The molecule has 2 atom stereocenters. The minimum absolute atomic E-state index is 0.170. The summed E-state index contributed by atoms with van der Waals surface area (Å²) in [5, 5.41) is 9.74. The third-order valence-corrected chi connectivity index (χ3v) is 14.0. The van der Waals surface area contributed by atoms with Crippen LogP contribution in [-0.2, 0) is 33.3 Å². The fraction of sp³-hybridized carbons (Fsp3) is 0.549. The highest BCUT2D eigenvalue weighted by Gasteiger charge is 2.25. The molecule has 0 aliphatic heterocycles. The minimum Gasteiger partial charge on any atom is -0.477 e. The Morgan fingerprint density at radius 2 is 0.593 bits per heavy atom. The van der Waals surface area contributed by atoms with Crippen molar-refractivity contribution in [3.63, 3.8) is 0 Å². The lowest BCUT2D eigenvalue weighted by atomic mass is 10.0. The molecule has 0 rings (SSSR count). The van der Waals surface area contributed by atoms with Gasteiger partial charge in [0.25, 0.3) is 6.29 Å². The van der Waals surface area contributed by atoms with Gasteiger partial charge in [-0.1, -0.05) is 278 Å². The molecule has 0 radical (unpaired) electrons. The lowest BCUT2D eigenvalue weighted by Gasteiger charge is -2.25. The first kappa shape index (κ1) is 84.9. The number of nitrogens with zero attached hydrogens (tertiary/aromatic N) is 1. The molecule has 91 heavy (non-hydrogen) atoms. The van der Waals surface area contributed by atoms with E-state index >= 15 is 0 Å². The number of allylic oxidation sites excluding steroid dienone is 34. The van der Waals surface area contributed by atoms with Gasteiger partial charge in [0.15, 0.2) is 6.10 Å². The van der Waals surface area contributed by atoms with Gasteiger partial charge in [-0.3, -0.25) is 9.59 Å². The molecule has 0 amide bonds. The van der Waals surface area contributed by atoms with Crippen molar-refractivity contribution in [1.29, 1.82) is 0 Å². The Morgan fingerprint density at radius 3 is 0.890 bits per heavy atom. The van der Waals surface area contributed by atoms with Gasteiger partial charge in [-0.15, -0.1) is 0 Å². The topological polar surface area (TPSA) is 108 Å². The molecule has 9 heteroatoms. The number of quaternary nitrogens is 1. The molecule has 0 bridgehead atoms. The molecule has 9 nitrogen and oxygen atoms in total. The fourth-order valence-electron chi connectivity index (χ4n) is 8.73. The first-order valence-corrected chi connectivity index (χ1v) is 35.2. The summed E-state index contributed by atoms with van der Waals surface area (Å²) in [6.07, 6.45) is 106. The highest BCUT2D eigenvalue weighted by Crippen LogP contribution is 2.15. The van der Waals surface area contributed by atoms with Crippen molar-refractivity contribution in [2.24, 2.45) is 0 Å². The maximum Gasteiger partial charge on any atom is 0.361 e. The molecule has 0 aromatic carbocycles.